The molecular formula is C25H44O3. The lowest BCUT2D eigenvalue weighted by molar-refractivity contribution is -0.137. The Morgan fingerprint density at radius 3 is 1.96 bits per heavy atom. The third-order valence-corrected chi connectivity index (χ3v) is 5.83. The highest BCUT2D eigenvalue weighted by atomic mass is 16.3. The maximum absolute atomic E-state index is 11.8. The second kappa shape index (κ2) is 15.9. The van der Waals surface area contributed by atoms with Crippen molar-refractivity contribution < 1.29 is 15.0 Å². The topological polar surface area (TPSA) is 57.5 Å². The number of carbonyl (C=O) groups is 1. The first kappa shape index (κ1) is 25.1. The molecule has 0 heterocycles. The molecule has 1 rings (SSSR count). The third-order valence-electron chi connectivity index (χ3n) is 5.83. The summed E-state index contributed by atoms with van der Waals surface area (Å²) in [4.78, 5) is 11.8. The molecule has 0 bridgehead atoms. The molecule has 3 nitrogen and oxygen atoms in total. The fourth-order valence-corrected chi connectivity index (χ4v) is 3.92. The van der Waals surface area contributed by atoms with Gasteiger partial charge in [0.15, 0.2) is 5.78 Å². The lowest BCUT2D eigenvalue weighted by atomic mass is 9.82. The van der Waals surface area contributed by atoms with Crippen LogP contribution in [0.15, 0.2) is 24.3 Å². The van der Waals surface area contributed by atoms with Gasteiger partial charge < -0.3 is 10.2 Å². The number of carbonyl (C=O) groups excluding carboxylic acids is 1. The van der Waals surface area contributed by atoms with Crippen LogP contribution in [-0.4, -0.2) is 27.7 Å². The largest absolute Gasteiger partial charge is 0.389 e. The predicted molar refractivity (Wildman–Crippen MR) is 118 cm³/mol. The van der Waals surface area contributed by atoms with Gasteiger partial charge >= 0.3 is 0 Å². The Morgan fingerprint density at radius 1 is 0.893 bits per heavy atom. The summed E-state index contributed by atoms with van der Waals surface area (Å²) < 4.78 is 0. The molecule has 2 N–H and O–H groups in total. The van der Waals surface area contributed by atoms with Gasteiger partial charge in [-0.05, 0) is 31.8 Å². The first-order chi connectivity index (χ1) is 13.6. The average molecular weight is 393 g/mol. The molecule has 0 saturated carbocycles. The SMILES string of the molecule is CCCC/C=C\CCCCCCCCCCCCC[C@]1(O)C[C@@H](O)C=CC1=O. The van der Waals surface area contributed by atoms with E-state index in [0.29, 0.717) is 6.42 Å². The first-order valence-corrected chi connectivity index (χ1v) is 11.9. The molecule has 0 aliphatic heterocycles. The Hall–Kier alpha value is -0.930. The number of aliphatic hydroxyl groups excluding tert-OH is 1. The van der Waals surface area contributed by atoms with E-state index in [0.717, 1.165) is 12.8 Å². The molecule has 1 aliphatic rings. The molecular weight excluding hydrogens is 348 g/mol. The van der Waals surface area contributed by atoms with Crippen molar-refractivity contribution in [2.75, 3.05) is 0 Å². The molecule has 1 aliphatic carbocycles. The highest BCUT2D eigenvalue weighted by Crippen LogP contribution is 2.27. The molecule has 0 fully saturated rings. The van der Waals surface area contributed by atoms with Gasteiger partial charge in [-0.1, -0.05) is 102 Å². The smallest absolute Gasteiger partial charge is 0.187 e. The summed E-state index contributed by atoms with van der Waals surface area (Å²) in [6.45, 7) is 2.24. The lowest BCUT2D eigenvalue weighted by Gasteiger charge is -2.29. The number of allylic oxidation sites excluding steroid dienone is 2. The van der Waals surface area contributed by atoms with Gasteiger partial charge in [-0.25, -0.2) is 0 Å². The Balaban J connectivity index is 1.84. The molecule has 0 aromatic carbocycles. The number of hydrogen-bond acceptors (Lipinski definition) is 3. The summed E-state index contributed by atoms with van der Waals surface area (Å²) in [6, 6.07) is 0. The van der Waals surface area contributed by atoms with Crippen LogP contribution in [0.5, 0.6) is 0 Å². The van der Waals surface area contributed by atoms with Crippen molar-refractivity contribution in [2.45, 2.75) is 128 Å². The summed E-state index contributed by atoms with van der Waals surface area (Å²) >= 11 is 0. The van der Waals surface area contributed by atoms with Gasteiger partial charge in [-0.2, -0.15) is 0 Å². The number of ketones is 1. The highest BCUT2D eigenvalue weighted by Gasteiger charge is 2.37. The minimum Gasteiger partial charge on any atom is -0.389 e. The molecule has 0 aromatic rings. The van der Waals surface area contributed by atoms with E-state index in [-0.39, 0.29) is 12.2 Å². The van der Waals surface area contributed by atoms with Crippen LogP contribution in [-0.2, 0) is 4.79 Å². The zero-order chi connectivity index (χ0) is 20.5. The molecule has 0 radical (unpaired) electrons. The van der Waals surface area contributed by atoms with Crippen LogP contribution in [0, 0.1) is 0 Å². The van der Waals surface area contributed by atoms with E-state index in [9.17, 15) is 15.0 Å². The number of unbranched alkanes of at least 4 members (excludes halogenated alkanes) is 13. The zero-order valence-corrected chi connectivity index (χ0v) is 18.2. The molecule has 0 spiro atoms. The van der Waals surface area contributed by atoms with Crippen LogP contribution in [0.3, 0.4) is 0 Å². The standard InChI is InChI=1S/C25H44O3/c1-2-3-4-5-6-7-8-9-10-11-12-13-14-15-16-17-18-21-25(28)22-23(26)19-20-24(25)27/h5-6,19-20,23,26,28H,2-4,7-18,21-22H2,1H3/b6-5-/t23-,25-/m0/s1. The van der Waals surface area contributed by atoms with Gasteiger partial charge in [0, 0.05) is 6.42 Å². The van der Waals surface area contributed by atoms with Gasteiger partial charge in [0.2, 0.25) is 0 Å². The van der Waals surface area contributed by atoms with Crippen LogP contribution in [0.2, 0.25) is 0 Å². The van der Waals surface area contributed by atoms with Crippen molar-refractivity contribution in [3.63, 3.8) is 0 Å². The van der Waals surface area contributed by atoms with Crippen LogP contribution in [0.4, 0.5) is 0 Å². The van der Waals surface area contributed by atoms with Crippen molar-refractivity contribution in [3.05, 3.63) is 24.3 Å². The zero-order valence-electron chi connectivity index (χ0n) is 18.2. The summed E-state index contributed by atoms with van der Waals surface area (Å²) in [6.07, 6.45) is 26.3. The molecule has 162 valence electrons. The second-order valence-corrected chi connectivity index (χ2v) is 8.57. The van der Waals surface area contributed by atoms with Crippen LogP contribution >= 0.6 is 0 Å². The minimum atomic E-state index is -1.33. The lowest BCUT2D eigenvalue weighted by Crippen LogP contribution is -2.43. The summed E-state index contributed by atoms with van der Waals surface area (Å²) in [7, 11) is 0. The van der Waals surface area contributed by atoms with Gasteiger partial charge in [-0.15, -0.1) is 0 Å². The second-order valence-electron chi connectivity index (χ2n) is 8.57. The summed E-state index contributed by atoms with van der Waals surface area (Å²) in [5, 5.41) is 20.0. The van der Waals surface area contributed by atoms with Crippen molar-refractivity contribution in [2.24, 2.45) is 0 Å². The first-order valence-electron chi connectivity index (χ1n) is 11.9. The van der Waals surface area contributed by atoms with Gasteiger partial charge in [0.05, 0.1) is 6.10 Å². The van der Waals surface area contributed by atoms with Crippen LogP contribution in [0.25, 0.3) is 0 Å². The van der Waals surface area contributed by atoms with E-state index in [1.807, 2.05) is 0 Å². The fourth-order valence-electron chi connectivity index (χ4n) is 3.92. The monoisotopic (exact) mass is 392 g/mol. The third kappa shape index (κ3) is 11.8. The fraction of sp³-hybridized carbons (Fsp3) is 0.800. The number of rotatable bonds is 17. The molecule has 0 saturated heterocycles. The van der Waals surface area contributed by atoms with E-state index in [1.54, 1.807) is 0 Å². The van der Waals surface area contributed by atoms with E-state index in [2.05, 4.69) is 19.1 Å². The van der Waals surface area contributed by atoms with Crippen LogP contribution < -0.4 is 0 Å². The molecule has 0 aromatic heterocycles. The van der Waals surface area contributed by atoms with Crippen molar-refractivity contribution >= 4 is 5.78 Å². The van der Waals surface area contributed by atoms with Crippen molar-refractivity contribution in [1.82, 2.24) is 0 Å². The van der Waals surface area contributed by atoms with Crippen molar-refractivity contribution in [1.29, 1.82) is 0 Å². The van der Waals surface area contributed by atoms with Gasteiger partial charge in [0.25, 0.3) is 0 Å². The summed E-state index contributed by atoms with van der Waals surface area (Å²) in [5.74, 6) is -0.245. The van der Waals surface area contributed by atoms with E-state index in [4.69, 9.17) is 0 Å². The van der Waals surface area contributed by atoms with E-state index >= 15 is 0 Å². The Bertz CT molecular complexity index is 455. The van der Waals surface area contributed by atoms with Gasteiger partial charge in [0.1, 0.15) is 5.60 Å². The molecule has 2 atom stereocenters. The average Bonchev–Trinajstić information content (AvgIpc) is 2.67. The highest BCUT2D eigenvalue weighted by molar-refractivity contribution is 5.97. The van der Waals surface area contributed by atoms with E-state index in [1.165, 1.54) is 95.6 Å². The minimum absolute atomic E-state index is 0.150. The predicted octanol–water partition coefficient (Wildman–Crippen LogP) is 6.43. The normalized spacial score (nSPS) is 22.4. The molecule has 3 heteroatoms. The Morgan fingerprint density at radius 2 is 1.39 bits per heavy atom. The van der Waals surface area contributed by atoms with Crippen LogP contribution in [0.1, 0.15) is 116 Å². The number of hydrogen-bond donors (Lipinski definition) is 2. The molecule has 0 unspecified atom stereocenters. The maximum atomic E-state index is 11.8. The molecule has 28 heavy (non-hydrogen) atoms. The van der Waals surface area contributed by atoms with E-state index < -0.39 is 11.7 Å². The number of aliphatic hydroxyl groups is 2. The van der Waals surface area contributed by atoms with Crippen molar-refractivity contribution in [3.8, 4) is 0 Å². The Kier molecular flexibility index (Phi) is 14.3. The maximum Gasteiger partial charge on any atom is 0.187 e. The van der Waals surface area contributed by atoms with Gasteiger partial charge in [-0.3, -0.25) is 4.79 Å². The quantitative estimate of drug-likeness (QED) is 0.222. The molecule has 0 amide bonds. The Labute approximate surface area is 173 Å². The summed E-state index contributed by atoms with van der Waals surface area (Å²) in [5.41, 5.74) is -1.33.